The fraction of sp³-hybridized carbons (Fsp3) is 0.364. The first-order chi connectivity index (χ1) is 13.2. The number of nitrogens with zero attached hydrogens (tertiary/aromatic N) is 3. The highest BCUT2D eigenvalue weighted by Gasteiger charge is 2.19. The highest BCUT2D eigenvalue weighted by Crippen LogP contribution is 2.20. The molecule has 29 heavy (non-hydrogen) atoms. The van der Waals surface area contributed by atoms with Crippen LogP contribution in [0.15, 0.2) is 53.6 Å². The van der Waals surface area contributed by atoms with Gasteiger partial charge in [0.2, 0.25) is 0 Å². The summed E-state index contributed by atoms with van der Waals surface area (Å²) in [6.07, 6.45) is 5.96. The van der Waals surface area contributed by atoms with Crippen molar-refractivity contribution < 1.29 is 0 Å². The van der Waals surface area contributed by atoms with Crippen LogP contribution in [0.3, 0.4) is 0 Å². The van der Waals surface area contributed by atoms with Gasteiger partial charge in [-0.15, -0.1) is 24.8 Å². The molecule has 1 aromatic carbocycles. The summed E-state index contributed by atoms with van der Waals surface area (Å²) in [5.41, 5.74) is 4.21. The van der Waals surface area contributed by atoms with Crippen LogP contribution in [0, 0.1) is 6.92 Å². The van der Waals surface area contributed by atoms with Gasteiger partial charge in [-0.2, -0.15) is 0 Å². The van der Waals surface area contributed by atoms with Crippen molar-refractivity contribution in [1.82, 2.24) is 14.9 Å². The standard InChI is InChI=1S/C22H26N4O.2ClH/c1-17-4-2-6-19-16-20(22(27)24-21(17)19)26-14-12-25(13-15-26)11-3-5-18-7-9-23-10-8-18;;/h2,4,6-10,16H,3,5,11-15H2,1H3,(H,24,27);2*1H. The number of piperazine rings is 1. The Hall–Kier alpha value is -2.08. The third-order valence-electron chi connectivity index (χ3n) is 5.47. The lowest BCUT2D eigenvalue weighted by Crippen LogP contribution is -2.48. The molecule has 1 saturated heterocycles. The maximum atomic E-state index is 12.6. The molecule has 0 amide bonds. The molecule has 1 aliphatic rings. The van der Waals surface area contributed by atoms with E-state index in [0.717, 1.165) is 67.7 Å². The van der Waals surface area contributed by atoms with Crippen LogP contribution < -0.4 is 10.5 Å². The Labute approximate surface area is 184 Å². The van der Waals surface area contributed by atoms with E-state index in [0.29, 0.717) is 0 Å². The SMILES string of the molecule is Cc1cccc2cc(N3CCN(CCCc4ccncc4)CC3)c(=O)[nH]c12.Cl.Cl. The van der Waals surface area contributed by atoms with Gasteiger partial charge in [0.05, 0.1) is 5.52 Å². The predicted molar refractivity (Wildman–Crippen MR) is 125 cm³/mol. The second kappa shape index (κ2) is 10.6. The average molecular weight is 435 g/mol. The summed E-state index contributed by atoms with van der Waals surface area (Å²) in [4.78, 5) is 24.4. The summed E-state index contributed by atoms with van der Waals surface area (Å²) in [6, 6.07) is 12.4. The van der Waals surface area contributed by atoms with E-state index in [1.165, 1.54) is 5.56 Å². The third-order valence-corrected chi connectivity index (χ3v) is 5.47. The summed E-state index contributed by atoms with van der Waals surface area (Å²) in [6.45, 7) is 6.93. The summed E-state index contributed by atoms with van der Waals surface area (Å²) in [7, 11) is 0. The molecule has 1 aliphatic heterocycles. The number of para-hydroxylation sites is 1. The van der Waals surface area contributed by atoms with Crippen LogP contribution in [0.25, 0.3) is 10.9 Å². The van der Waals surface area contributed by atoms with E-state index >= 15 is 0 Å². The van der Waals surface area contributed by atoms with Crippen molar-refractivity contribution in [2.75, 3.05) is 37.6 Å². The molecule has 3 heterocycles. The highest BCUT2D eigenvalue weighted by molar-refractivity contribution is 5.86. The Morgan fingerprint density at radius 2 is 1.76 bits per heavy atom. The molecule has 0 spiro atoms. The topological polar surface area (TPSA) is 52.2 Å². The smallest absolute Gasteiger partial charge is 0.271 e. The van der Waals surface area contributed by atoms with Crippen molar-refractivity contribution >= 4 is 41.4 Å². The number of benzene rings is 1. The van der Waals surface area contributed by atoms with Crippen molar-refractivity contribution in [3.63, 3.8) is 0 Å². The molecule has 1 N–H and O–H groups in total. The molecule has 0 radical (unpaired) electrons. The molecule has 0 saturated carbocycles. The fourth-order valence-electron chi connectivity index (χ4n) is 3.88. The number of anilines is 1. The van der Waals surface area contributed by atoms with Crippen molar-refractivity contribution in [2.45, 2.75) is 19.8 Å². The number of aromatic amines is 1. The normalized spacial score (nSPS) is 14.3. The van der Waals surface area contributed by atoms with Gasteiger partial charge in [-0.05, 0) is 55.6 Å². The number of H-pyrrole nitrogens is 1. The summed E-state index contributed by atoms with van der Waals surface area (Å²) in [5, 5.41) is 1.10. The van der Waals surface area contributed by atoms with E-state index in [1.54, 1.807) is 0 Å². The number of rotatable bonds is 5. The van der Waals surface area contributed by atoms with E-state index in [1.807, 2.05) is 37.5 Å². The van der Waals surface area contributed by atoms with E-state index in [4.69, 9.17) is 0 Å². The van der Waals surface area contributed by atoms with Crippen molar-refractivity contribution in [3.05, 3.63) is 70.3 Å². The second-order valence-corrected chi connectivity index (χ2v) is 7.31. The van der Waals surface area contributed by atoms with Gasteiger partial charge in [-0.3, -0.25) is 14.7 Å². The maximum Gasteiger partial charge on any atom is 0.271 e. The second-order valence-electron chi connectivity index (χ2n) is 7.31. The van der Waals surface area contributed by atoms with Crippen LogP contribution in [0.5, 0.6) is 0 Å². The Bertz CT molecular complexity index is 969. The van der Waals surface area contributed by atoms with Crippen LogP contribution in [0.2, 0.25) is 0 Å². The van der Waals surface area contributed by atoms with Gasteiger partial charge in [0.15, 0.2) is 0 Å². The zero-order chi connectivity index (χ0) is 18.6. The lowest BCUT2D eigenvalue weighted by Gasteiger charge is -2.35. The van der Waals surface area contributed by atoms with E-state index in [2.05, 4.69) is 38.0 Å². The van der Waals surface area contributed by atoms with Crippen molar-refractivity contribution in [2.24, 2.45) is 0 Å². The van der Waals surface area contributed by atoms with Gasteiger partial charge in [0, 0.05) is 44.0 Å². The van der Waals surface area contributed by atoms with Gasteiger partial charge >= 0.3 is 0 Å². The Balaban J connectivity index is 0.00000150. The van der Waals surface area contributed by atoms with E-state index in [-0.39, 0.29) is 30.4 Å². The zero-order valence-corrected chi connectivity index (χ0v) is 18.3. The van der Waals surface area contributed by atoms with Gasteiger partial charge in [-0.25, -0.2) is 0 Å². The maximum absolute atomic E-state index is 12.6. The molecule has 0 atom stereocenters. The lowest BCUT2D eigenvalue weighted by molar-refractivity contribution is 0.255. The van der Waals surface area contributed by atoms with Crippen LogP contribution in [0.4, 0.5) is 5.69 Å². The molecule has 7 heteroatoms. The van der Waals surface area contributed by atoms with Crippen molar-refractivity contribution in [3.8, 4) is 0 Å². The molecule has 3 aromatic rings. The number of pyridine rings is 2. The van der Waals surface area contributed by atoms with E-state index < -0.39 is 0 Å². The molecule has 0 unspecified atom stereocenters. The minimum Gasteiger partial charge on any atom is -0.365 e. The molecular formula is C22H28Cl2N4O. The fourth-order valence-corrected chi connectivity index (χ4v) is 3.88. The largest absolute Gasteiger partial charge is 0.365 e. The Morgan fingerprint density at radius 1 is 1.03 bits per heavy atom. The molecule has 0 aliphatic carbocycles. The van der Waals surface area contributed by atoms with Gasteiger partial charge < -0.3 is 9.88 Å². The summed E-state index contributed by atoms with van der Waals surface area (Å²) < 4.78 is 0. The summed E-state index contributed by atoms with van der Waals surface area (Å²) in [5.74, 6) is 0. The molecule has 0 bridgehead atoms. The molecule has 2 aromatic heterocycles. The Kier molecular flexibility index (Phi) is 8.50. The first-order valence-corrected chi connectivity index (χ1v) is 9.69. The lowest BCUT2D eigenvalue weighted by atomic mass is 10.1. The van der Waals surface area contributed by atoms with Crippen LogP contribution in [-0.4, -0.2) is 47.6 Å². The van der Waals surface area contributed by atoms with Gasteiger partial charge in [0.25, 0.3) is 5.56 Å². The molecular weight excluding hydrogens is 407 g/mol. The van der Waals surface area contributed by atoms with Crippen molar-refractivity contribution in [1.29, 1.82) is 0 Å². The minimum atomic E-state index is 0. The minimum absolute atomic E-state index is 0. The first-order valence-electron chi connectivity index (χ1n) is 9.69. The van der Waals surface area contributed by atoms with Gasteiger partial charge in [-0.1, -0.05) is 18.2 Å². The number of aryl methyl sites for hydroxylation is 2. The van der Waals surface area contributed by atoms with Crippen LogP contribution in [-0.2, 0) is 6.42 Å². The third kappa shape index (κ3) is 5.50. The zero-order valence-electron chi connectivity index (χ0n) is 16.6. The number of hydrogen-bond donors (Lipinski definition) is 1. The molecule has 1 fully saturated rings. The molecule has 4 rings (SSSR count). The number of nitrogens with one attached hydrogen (secondary N) is 1. The quantitative estimate of drug-likeness (QED) is 0.662. The monoisotopic (exact) mass is 434 g/mol. The average Bonchev–Trinajstić information content (AvgIpc) is 2.70. The number of fused-ring (bicyclic) bond motifs is 1. The number of hydrogen-bond acceptors (Lipinski definition) is 4. The highest BCUT2D eigenvalue weighted by atomic mass is 35.5. The molecule has 156 valence electrons. The summed E-state index contributed by atoms with van der Waals surface area (Å²) >= 11 is 0. The number of aromatic nitrogens is 2. The van der Waals surface area contributed by atoms with Crippen LogP contribution in [0.1, 0.15) is 17.5 Å². The van der Waals surface area contributed by atoms with Gasteiger partial charge in [0.1, 0.15) is 5.69 Å². The first kappa shape index (κ1) is 23.2. The van der Waals surface area contributed by atoms with E-state index in [9.17, 15) is 4.79 Å². The predicted octanol–water partition coefficient (Wildman–Crippen LogP) is 3.83. The molecule has 5 nitrogen and oxygen atoms in total. The number of halogens is 2. The van der Waals surface area contributed by atoms with Crippen LogP contribution >= 0.6 is 24.8 Å². The Morgan fingerprint density at radius 3 is 2.48 bits per heavy atom.